The highest BCUT2D eigenvalue weighted by Crippen LogP contribution is 2.24. The molecule has 0 radical (unpaired) electrons. The van der Waals surface area contributed by atoms with Crippen molar-refractivity contribution in [3.63, 3.8) is 0 Å². The molecule has 1 aromatic heterocycles. The highest BCUT2D eigenvalue weighted by molar-refractivity contribution is 6.35. The Kier molecular flexibility index (Phi) is 1.97. The Hall–Kier alpha value is -1.08. The number of halogens is 1. The van der Waals surface area contributed by atoms with Gasteiger partial charge in [-0.25, -0.2) is 0 Å². The van der Waals surface area contributed by atoms with E-state index in [2.05, 4.69) is 4.98 Å². The average Bonchev–Trinajstić information content (AvgIpc) is 2.07. The predicted molar refractivity (Wildman–Crippen MR) is 56.2 cm³/mol. The summed E-state index contributed by atoms with van der Waals surface area (Å²) in [6, 6.07) is 7.94. The summed E-state index contributed by atoms with van der Waals surface area (Å²) < 4.78 is 0. The minimum atomic E-state index is 0.784. The van der Waals surface area contributed by atoms with Gasteiger partial charge in [0, 0.05) is 11.1 Å². The molecule has 0 spiro atoms. The minimum absolute atomic E-state index is 0.784. The number of pyridine rings is 1. The van der Waals surface area contributed by atoms with E-state index >= 15 is 0 Å². The molecule has 0 fully saturated rings. The lowest BCUT2D eigenvalue weighted by Crippen LogP contribution is -1.87. The fourth-order valence-electron chi connectivity index (χ4n) is 1.47. The fourth-order valence-corrected chi connectivity index (χ4v) is 1.78. The van der Waals surface area contributed by atoms with Gasteiger partial charge in [-0.3, -0.25) is 4.98 Å². The van der Waals surface area contributed by atoms with Crippen LogP contribution in [0.25, 0.3) is 10.9 Å². The molecule has 1 aromatic carbocycles. The summed E-state index contributed by atoms with van der Waals surface area (Å²) in [6.07, 6.45) is 0. The molecule has 1 heterocycles. The Balaban J connectivity index is 2.94. The zero-order chi connectivity index (χ0) is 9.42. The lowest BCUT2D eigenvalue weighted by atomic mass is 10.1. The molecule has 0 saturated heterocycles. The van der Waals surface area contributed by atoms with Gasteiger partial charge in [0.2, 0.25) is 0 Å². The lowest BCUT2D eigenvalue weighted by Gasteiger charge is -2.03. The number of para-hydroxylation sites is 1. The second kappa shape index (κ2) is 3.00. The molecule has 0 aliphatic carbocycles. The molecule has 2 rings (SSSR count). The highest BCUT2D eigenvalue weighted by atomic mass is 35.5. The van der Waals surface area contributed by atoms with Gasteiger partial charge in [0.05, 0.1) is 10.5 Å². The van der Waals surface area contributed by atoms with Crippen molar-refractivity contribution in [2.75, 3.05) is 0 Å². The van der Waals surface area contributed by atoms with E-state index in [0.717, 1.165) is 21.6 Å². The van der Waals surface area contributed by atoms with Crippen LogP contribution in [0.3, 0.4) is 0 Å². The summed E-state index contributed by atoms with van der Waals surface area (Å²) in [5, 5.41) is 1.82. The molecule has 1 nitrogen and oxygen atoms in total. The van der Waals surface area contributed by atoms with E-state index in [9.17, 15) is 0 Å². The summed E-state index contributed by atoms with van der Waals surface area (Å²) in [5.74, 6) is 0. The van der Waals surface area contributed by atoms with Gasteiger partial charge < -0.3 is 0 Å². The van der Waals surface area contributed by atoms with Crippen LogP contribution in [0.5, 0.6) is 0 Å². The molecule has 2 heteroatoms. The van der Waals surface area contributed by atoms with Crippen LogP contribution in [-0.4, -0.2) is 4.98 Å². The Labute approximate surface area is 82.4 Å². The maximum Gasteiger partial charge on any atom is 0.0749 e. The summed E-state index contributed by atoms with van der Waals surface area (Å²) >= 11 is 6.09. The van der Waals surface area contributed by atoms with Crippen molar-refractivity contribution in [3.8, 4) is 0 Å². The summed E-state index contributed by atoms with van der Waals surface area (Å²) in [5.41, 5.74) is 3.14. The smallest absolute Gasteiger partial charge is 0.0749 e. The first-order valence-corrected chi connectivity index (χ1v) is 4.59. The monoisotopic (exact) mass is 191 g/mol. The normalized spacial score (nSPS) is 10.7. The first-order chi connectivity index (χ1) is 6.18. The Bertz CT molecular complexity index is 463. The van der Waals surface area contributed by atoms with Gasteiger partial charge in [0.25, 0.3) is 0 Å². The predicted octanol–water partition coefficient (Wildman–Crippen LogP) is 3.51. The number of aryl methyl sites for hydroxylation is 2. The van der Waals surface area contributed by atoms with Gasteiger partial charge in [-0.05, 0) is 25.5 Å². The van der Waals surface area contributed by atoms with Gasteiger partial charge in [-0.15, -0.1) is 0 Å². The van der Waals surface area contributed by atoms with E-state index in [0.29, 0.717) is 0 Å². The zero-order valence-electron chi connectivity index (χ0n) is 7.63. The van der Waals surface area contributed by atoms with E-state index < -0.39 is 0 Å². The number of fused-ring (bicyclic) bond motifs is 1. The maximum absolute atomic E-state index is 6.09. The van der Waals surface area contributed by atoms with E-state index in [-0.39, 0.29) is 0 Å². The van der Waals surface area contributed by atoms with Gasteiger partial charge in [0.15, 0.2) is 0 Å². The van der Waals surface area contributed by atoms with Crippen molar-refractivity contribution in [2.24, 2.45) is 0 Å². The zero-order valence-corrected chi connectivity index (χ0v) is 8.39. The first kappa shape index (κ1) is 8.52. The number of rotatable bonds is 0. The van der Waals surface area contributed by atoms with Gasteiger partial charge in [-0.2, -0.15) is 0 Å². The van der Waals surface area contributed by atoms with Crippen molar-refractivity contribution in [1.82, 2.24) is 4.98 Å². The Morgan fingerprint density at radius 1 is 1.23 bits per heavy atom. The molecular weight excluding hydrogens is 182 g/mol. The molecule has 0 atom stereocenters. The van der Waals surface area contributed by atoms with E-state index in [1.165, 1.54) is 5.56 Å². The molecular formula is C11H10ClN. The van der Waals surface area contributed by atoms with Crippen molar-refractivity contribution < 1.29 is 0 Å². The van der Waals surface area contributed by atoms with Crippen molar-refractivity contribution in [3.05, 3.63) is 40.5 Å². The number of nitrogens with zero attached hydrogens (tertiary/aromatic N) is 1. The van der Waals surface area contributed by atoms with Crippen LogP contribution in [0.4, 0.5) is 0 Å². The van der Waals surface area contributed by atoms with E-state index in [4.69, 9.17) is 11.6 Å². The van der Waals surface area contributed by atoms with Crippen molar-refractivity contribution >= 4 is 22.5 Å². The third-order valence-corrected chi connectivity index (χ3v) is 2.43. The molecule has 13 heavy (non-hydrogen) atoms. The molecule has 0 amide bonds. The lowest BCUT2D eigenvalue weighted by molar-refractivity contribution is 1.24. The Morgan fingerprint density at radius 3 is 2.77 bits per heavy atom. The highest BCUT2D eigenvalue weighted by Gasteiger charge is 2.02. The molecule has 0 aliphatic heterocycles. The largest absolute Gasteiger partial charge is 0.253 e. The van der Waals surface area contributed by atoms with E-state index in [1.54, 1.807) is 0 Å². The third kappa shape index (κ3) is 1.40. The van der Waals surface area contributed by atoms with Crippen LogP contribution in [0, 0.1) is 13.8 Å². The van der Waals surface area contributed by atoms with Crippen LogP contribution >= 0.6 is 11.6 Å². The summed E-state index contributed by atoms with van der Waals surface area (Å²) in [7, 11) is 0. The standard InChI is InChI=1S/C11H10ClN/c1-7-4-3-5-9-10(12)6-8(2)13-11(7)9/h3-6H,1-2H3. The molecule has 0 saturated carbocycles. The topological polar surface area (TPSA) is 12.9 Å². The average molecular weight is 192 g/mol. The maximum atomic E-state index is 6.09. The summed E-state index contributed by atoms with van der Waals surface area (Å²) in [4.78, 5) is 4.45. The van der Waals surface area contributed by atoms with Crippen LogP contribution in [0.1, 0.15) is 11.3 Å². The molecule has 66 valence electrons. The number of benzene rings is 1. The quantitative estimate of drug-likeness (QED) is 0.621. The minimum Gasteiger partial charge on any atom is -0.253 e. The Morgan fingerprint density at radius 2 is 2.00 bits per heavy atom. The van der Waals surface area contributed by atoms with Gasteiger partial charge >= 0.3 is 0 Å². The first-order valence-electron chi connectivity index (χ1n) is 4.21. The van der Waals surface area contributed by atoms with Crippen LogP contribution in [-0.2, 0) is 0 Å². The number of hydrogen-bond donors (Lipinski definition) is 0. The molecule has 0 N–H and O–H groups in total. The van der Waals surface area contributed by atoms with Gasteiger partial charge in [0.1, 0.15) is 0 Å². The number of hydrogen-bond acceptors (Lipinski definition) is 1. The molecule has 0 aliphatic rings. The third-order valence-electron chi connectivity index (χ3n) is 2.12. The molecule has 2 aromatic rings. The fraction of sp³-hybridized carbons (Fsp3) is 0.182. The summed E-state index contributed by atoms with van der Waals surface area (Å²) in [6.45, 7) is 4.00. The van der Waals surface area contributed by atoms with Crippen LogP contribution in [0.15, 0.2) is 24.3 Å². The van der Waals surface area contributed by atoms with Crippen LogP contribution < -0.4 is 0 Å². The SMILES string of the molecule is Cc1cc(Cl)c2cccc(C)c2n1. The molecule has 0 unspecified atom stereocenters. The number of aromatic nitrogens is 1. The van der Waals surface area contributed by atoms with Crippen LogP contribution in [0.2, 0.25) is 5.02 Å². The second-order valence-electron chi connectivity index (χ2n) is 3.22. The second-order valence-corrected chi connectivity index (χ2v) is 3.62. The van der Waals surface area contributed by atoms with Gasteiger partial charge in [-0.1, -0.05) is 29.8 Å². The van der Waals surface area contributed by atoms with Crippen molar-refractivity contribution in [2.45, 2.75) is 13.8 Å². The van der Waals surface area contributed by atoms with Crippen molar-refractivity contribution in [1.29, 1.82) is 0 Å². The molecule has 0 bridgehead atoms. The van der Waals surface area contributed by atoms with E-state index in [1.807, 2.05) is 38.1 Å².